The topological polar surface area (TPSA) is 104 Å². The summed E-state index contributed by atoms with van der Waals surface area (Å²) in [5.74, 6) is 1.41. The van der Waals surface area contributed by atoms with Crippen molar-refractivity contribution in [3.8, 4) is 34.2 Å². The van der Waals surface area contributed by atoms with Gasteiger partial charge < -0.3 is 9.13 Å². The Morgan fingerprint density at radius 3 is 1.09 bits per heavy atom. The third kappa shape index (κ3) is 8.04. The van der Waals surface area contributed by atoms with Gasteiger partial charge in [0.2, 0.25) is 11.9 Å². The normalized spacial score (nSPS) is 12.9. The lowest BCUT2D eigenvalue weighted by molar-refractivity contribution is 0.591. The van der Waals surface area contributed by atoms with E-state index in [0.29, 0.717) is 22.5 Å². The third-order valence-electron chi connectivity index (χ3n) is 18.9. The lowest BCUT2D eigenvalue weighted by Gasteiger charge is -2.21. The summed E-state index contributed by atoms with van der Waals surface area (Å²) in [5, 5.41) is 10.7. The SMILES string of the molecule is O=P(c1ccccc1)(c1ccccc1)c1ccc(-c2ccc3c4ccccc4n(-c4nc5ccc(-c6ccc(P(=O)(c7ccccc7)c7ccc8c9ccccc9n(-c9nc%10ccccc%10c%10nc%11ccccc%11n9%10)c8c7)cc6)cc5c5nc6ccccc6n45)c3c2)cc1. The Hall–Kier alpha value is -11.8. The average molecular weight is 1240 g/mol. The molecule has 0 spiro atoms. The van der Waals surface area contributed by atoms with E-state index in [2.05, 4.69) is 176 Å². The van der Waals surface area contributed by atoms with Crippen molar-refractivity contribution < 1.29 is 9.13 Å². The fourth-order valence-corrected chi connectivity index (χ4v) is 19.7. The van der Waals surface area contributed by atoms with Crippen LogP contribution in [-0.4, -0.2) is 37.9 Å². The Balaban J connectivity index is 0.734. The van der Waals surface area contributed by atoms with E-state index in [1.807, 2.05) is 158 Å². The first-order valence-corrected chi connectivity index (χ1v) is 34.8. The highest BCUT2D eigenvalue weighted by molar-refractivity contribution is 7.85. The molecule has 0 aliphatic carbocycles. The van der Waals surface area contributed by atoms with E-state index < -0.39 is 14.3 Å². The largest absolute Gasteiger partial charge is 0.309 e. The number of aromatic nitrogens is 8. The van der Waals surface area contributed by atoms with Crippen molar-refractivity contribution in [2.75, 3.05) is 0 Å². The number of para-hydroxylation sites is 7. The van der Waals surface area contributed by atoms with Crippen LogP contribution in [0.15, 0.2) is 315 Å². The molecule has 0 aliphatic heterocycles. The van der Waals surface area contributed by atoms with Crippen molar-refractivity contribution in [3.63, 3.8) is 0 Å². The van der Waals surface area contributed by atoms with Gasteiger partial charge in [-0.15, -0.1) is 0 Å². The van der Waals surface area contributed by atoms with Crippen LogP contribution in [-0.2, 0) is 9.13 Å². The van der Waals surface area contributed by atoms with Crippen molar-refractivity contribution >= 4 is 145 Å². The van der Waals surface area contributed by atoms with Gasteiger partial charge in [0.15, 0.2) is 14.3 Å². The van der Waals surface area contributed by atoms with E-state index in [-0.39, 0.29) is 0 Å². The minimum atomic E-state index is -3.55. The van der Waals surface area contributed by atoms with Gasteiger partial charge in [0.1, 0.15) is 11.3 Å². The van der Waals surface area contributed by atoms with E-state index in [1.165, 1.54) is 0 Å². The van der Waals surface area contributed by atoms with Gasteiger partial charge >= 0.3 is 0 Å². The molecule has 6 aromatic heterocycles. The smallest absolute Gasteiger partial charge is 0.221 e. The Bertz CT molecular complexity index is 6370. The maximum Gasteiger partial charge on any atom is 0.221 e. The van der Waals surface area contributed by atoms with Crippen molar-refractivity contribution in [1.82, 2.24) is 37.9 Å². The van der Waals surface area contributed by atoms with Crippen LogP contribution in [0.5, 0.6) is 0 Å². The molecule has 0 saturated heterocycles. The fourth-order valence-electron chi connectivity index (χ4n) is 14.5. The summed E-state index contributed by atoms with van der Waals surface area (Å²) in [6.07, 6.45) is 0. The second-order valence-electron chi connectivity index (χ2n) is 24.0. The van der Waals surface area contributed by atoms with Crippen LogP contribution in [0, 0.1) is 0 Å². The summed E-state index contributed by atoms with van der Waals surface area (Å²) < 4.78 is 41.0. The molecule has 442 valence electrons. The highest BCUT2D eigenvalue weighted by atomic mass is 31.2. The average Bonchev–Trinajstić information content (AvgIpc) is 1.53. The molecule has 0 bridgehead atoms. The van der Waals surface area contributed by atoms with Crippen LogP contribution in [0.25, 0.3) is 133 Å². The van der Waals surface area contributed by atoms with Crippen LogP contribution in [0.4, 0.5) is 0 Å². The van der Waals surface area contributed by atoms with Crippen LogP contribution in [0.2, 0.25) is 0 Å². The van der Waals surface area contributed by atoms with E-state index in [4.69, 9.17) is 19.9 Å². The predicted molar refractivity (Wildman–Crippen MR) is 388 cm³/mol. The summed E-state index contributed by atoms with van der Waals surface area (Å²) in [5.41, 5.74) is 14.7. The van der Waals surface area contributed by atoms with Gasteiger partial charge in [-0.05, 0) is 95.1 Å². The zero-order chi connectivity index (χ0) is 62.2. The number of fused-ring (bicyclic) bond motifs is 16. The number of hydrogen-bond donors (Lipinski definition) is 0. The summed E-state index contributed by atoms with van der Waals surface area (Å²) in [6, 6.07) is 107. The van der Waals surface area contributed by atoms with E-state index in [0.717, 1.165) is 142 Å². The standard InChI is InChI=1S/C82H52N8O2P2/c91-93(57-20-4-1-5-21-57,58-22-6-2-7-23-58)60-42-38-54(39-43-60)56-40-47-65-63-26-11-16-32-73(63)87(77(65)51-56)82-86-70-49-41-55(50-68(70)80-84-72-31-15-19-35-76(72)90(80)82)53-36-44-61(45-37-53)94(92,59-24-8-3-9-25-59)62-46-48-66-64-27-12-17-33-74(64)88(78(66)52-62)81-85-69-29-13-10-28-67(69)79-83-71-30-14-18-34-75(71)89(79)81/h1-52H. The van der Waals surface area contributed by atoms with Crippen molar-refractivity contribution in [1.29, 1.82) is 0 Å². The van der Waals surface area contributed by atoms with Crippen LogP contribution in [0.3, 0.4) is 0 Å². The minimum absolute atomic E-state index is 0.699. The molecule has 19 rings (SSSR count). The lowest BCUT2D eigenvalue weighted by Crippen LogP contribution is -2.25. The zero-order valence-corrected chi connectivity index (χ0v) is 52.1. The highest BCUT2D eigenvalue weighted by Crippen LogP contribution is 2.47. The summed E-state index contributed by atoms with van der Waals surface area (Å²) >= 11 is 0. The first kappa shape index (κ1) is 54.0. The van der Waals surface area contributed by atoms with Gasteiger partial charge in [-0.1, -0.05) is 243 Å². The molecule has 0 N–H and O–H groups in total. The van der Waals surface area contributed by atoms with E-state index in [9.17, 15) is 0 Å². The molecule has 0 radical (unpaired) electrons. The summed E-state index contributed by atoms with van der Waals surface area (Å²) in [4.78, 5) is 21.6. The van der Waals surface area contributed by atoms with Gasteiger partial charge in [0.25, 0.3) is 0 Å². The monoisotopic (exact) mass is 1240 g/mol. The van der Waals surface area contributed by atoms with Gasteiger partial charge in [0, 0.05) is 64.1 Å². The van der Waals surface area contributed by atoms with Gasteiger partial charge in [-0.25, -0.2) is 19.9 Å². The number of imidazole rings is 2. The maximum absolute atomic E-state index is 16.7. The second kappa shape index (κ2) is 20.9. The van der Waals surface area contributed by atoms with Crippen molar-refractivity contribution in [2.45, 2.75) is 0 Å². The zero-order valence-electron chi connectivity index (χ0n) is 50.3. The van der Waals surface area contributed by atoms with Crippen molar-refractivity contribution in [3.05, 3.63) is 315 Å². The number of hydrogen-bond acceptors (Lipinski definition) is 6. The molecule has 1 atom stereocenters. The Morgan fingerprint density at radius 1 is 0.223 bits per heavy atom. The molecular weight excluding hydrogens is 1190 g/mol. The Morgan fingerprint density at radius 2 is 0.564 bits per heavy atom. The summed E-state index contributed by atoms with van der Waals surface area (Å²) in [6.45, 7) is 0. The minimum Gasteiger partial charge on any atom is -0.309 e. The Labute approximate surface area is 538 Å². The molecule has 1 unspecified atom stereocenters. The first-order chi connectivity index (χ1) is 46.4. The molecular formula is C82H52N8O2P2. The van der Waals surface area contributed by atoms with E-state index in [1.54, 1.807) is 0 Å². The van der Waals surface area contributed by atoms with Crippen LogP contribution in [0.1, 0.15) is 0 Å². The van der Waals surface area contributed by atoms with Gasteiger partial charge in [-0.3, -0.25) is 17.9 Å². The molecule has 10 nitrogen and oxygen atoms in total. The van der Waals surface area contributed by atoms with Crippen molar-refractivity contribution in [2.24, 2.45) is 0 Å². The number of benzene rings is 13. The Kier molecular flexibility index (Phi) is 12.0. The molecule has 94 heavy (non-hydrogen) atoms. The molecule has 12 heteroatoms. The predicted octanol–water partition coefficient (Wildman–Crippen LogP) is 17.2. The van der Waals surface area contributed by atoms with Crippen LogP contribution >= 0.6 is 14.3 Å². The third-order valence-corrected chi connectivity index (χ3v) is 25.1. The molecule has 0 saturated carbocycles. The molecule has 0 amide bonds. The number of nitrogens with zero attached hydrogens (tertiary/aromatic N) is 8. The molecule has 0 aliphatic rings. The maximum atomic E-state index is 16.7. The second-order valence-corrected chi connectivity index (χ2v) is 29.6. The lowest BCUT2D eigenvalue weighted by atomic mass is 10.0. The molecule has 6 heterocycles. The molecule has 0 fully saturated rings. The quantitative estimate of drug-likeness (QED) is 0.126. The molecule has 13 aromatic carbocycles. The van der Waals surface area contributed by atoms with Gasteiger partial charge in [-0.2, -0.15) is 0 Å². The highest BCUT2D eigenvalue weighted by Gasteiger charge is 2.33. The van der Waals surface area contributed by atoms with Gasteiger partial charge in [0.05, 0.1) is 55.2 Å². The number of rotatable bonds is 10. The fraction of sp³-hybridized carbons (Fsp3) is 0. The molecule has 19 aromatic rings. The first-order valence-electron chi connectivity index (χ1n) is 31.4. The summed E-state index contributed by atoms with van der Waals surface area (Å²) in [7, 11) is -6.73. The van der Waals surface area contributed by atoms with Crippen LogP contribution < -0.4 is 31.8 Å². The van der Waals surface area contributed by atoms with E-state index >= 15 is 9.13 Å².